The fourth-order valence-corrected chi connectivity index (χ4v) is 6.25. The highest BCUT2D eigenvalue weighted by atomic mass is 16.2. The average Bonchev–Trinajstić information content (AvgIpc) is 3.26. The number of hydrogen-bond acceptors (Lipinski definition) is 13. The van der Waals surface area contributed by atoms with Gasteiger partial charge < -0.3 is 92.5 Å². The lowest BCUT2D eigenvalue weighted by Gasteiger charge is -2.28. The van der Waals surface area contributed by atoms with Crippen molar-refractivity contribution < 1.29 is 38.4 Å². The van der Waals surface area contributed by atoms with Crippen LogP contribution in [-0.2, 0) is 38.4 Å². The number of carbonyl (C=O) groups is 8. The molecule has 0 aliphatic carbocycles. The zero-order valence-electron chi connectivity index (χ0n) is 40.5. The van der Waals surface area contributed by atoms with E-state index >= 15 is 0 Å². The molecule has 0 saturated carbocycles. The van der Waals surface area contributed by atoms with Gasteiger partial charge in [-0.15, -0.1) is 0 Å². The molecule has 0 aromatic rings. The molecule has 0 radical (unpaired) electrons. The summed E-state index contributed by atoms with van der Waals surface area (Å²) in [6, 6.07) is -7.71. The third kappa shape index (κ3) is 29.8. The number of nitrogens with one attached hydrogen (secondary N) is 17. The van der Waals surface area contributed by atoms with E-state index in [2.05, 4.69) is 63.8 Å². The number of amides is 7. The van der Waals surface area contributed by atoms with Crippen LogP contribution in [0.15, 0.2) is 0 Å². The van der Waals surface area contributed by atoms with Crippen molar-refractivity contribution in [2.45, 2.75) is 128 Å². The minimum absolute atomic E-state index is 0.0155. The Labute approximate surface area is 407 Å². The highest BCUT2D eigenvalue weighted by Crippen LogP contribution is 2.08. The van der Waals surface area contributed by atoms with E-state index in [4.69, 9.17) is 55.7 Å². The average molecular weight is 995 g/mol. The summed E-state index contributed by atoms with van der Waals surface area (Å²) in [6.45, 7) is 6.20. The predicted molar refractivity (Wildman–Crippen MR) is 262 cm³/mol. The van der Waals surface area contributed by atoms with E-state index in [0.717, 1.165) is 0 Å². The molecule has 0 heterocycles. The van der Waals surface area contributed by atoms with Gasteiger partial charge in [0.1, 0.15) is 36.3 Å². The van der Waals surface area contributed by atoms with Gasteiger partial charge in [-0.05, 0) is 71.1 Å². The summed E-state index contributed by atoms with van der Waals surface area (Å²) in [5, 5.41) is 68.5. The Kier molecular flexibility index (Phi) is 30.8. The van der Waals surface area contributed by atoms with Crippen molar-refractivity contribution in [1.29, 1.82) is 27.0 Å². The van der Waals surface area contributed by atoms with Crippen LogP contribution in [0.25, 0.3) is 0 Å². The van der Waals surface area contributed by atoms with Gasteiger partial charge >= 0.3 is 0 Å². The van der Waals surface area contributed by atoms with Gasteiger partial charge in [0, 0.05) is 45.6 Å². The summed E-state index contributed by atoms with van der Waals surface area (Å²) in [7, 11) is 0. The monoisotopic (exact) mass is 995 g/mol. The Morgan fingerprint density at radius 2 is 0.614 bits per heavy atom. The van der Waals surface area contributed by atoms with E-state index in [-0.39, 0.29) is 145 Å². The lowest BCUT2D eigenvalue weighted by atomic mass is 10.0. The SMILES string of the molecule is CC(=O)N[C@@H](C)C(=O)N[C@@H](CCCNC(=N)N)C(=O)N[C@@H](CCCNC(=N)N)C(=O)N[C@@H](CCCNC(=N)N)C(=O)N[C@@H](CCCNC(=N)N)C(=O)N[C@@H](CCCNC(=N)N)C(=O)NCC(=O)C(C)C. The van der Waals surface area contributed by atoms with Gasteiger partial charge in [0.2, 0.25) is 41.4 Å². The molecule has 0 aromatic heterocycles. The zero-order chi connectivity index (χ0) is 53.3. The second-order valence-electron chi connectivity index (χ2n) is 16.5. The topological polar surface area (TPSA) is 530 Å². The molecule has 0 spiro atoms. The van der Waals surface area contributed by atoms with Crippen LogP contribution in [0.5, 0.6) is 0 Å². The highest BCUT2D eigenvalue weighted by Gasteiger charge is 2.33. The first kappa shape index (κ1) is 62.3. The molecule has 0 fully saturated rings. The van der Waals surface area contributed by atoms with Crippen molar-refractivity contribution in [3.8, 4) is 0 Å². The number of hydrogen-bond donors (Lipinski definition) is 22. The number of carbonyl (C=O) groups excluding carboxylic acids is 8. The molecule has 0 unspecified atom stereocenters. The van der Waals surface area contributed by atoms with Gasteiger partial charge in [-0.2, -0.15) is 0 Å². The Bertz CT molecular complexity index is 1820. The summed E-state index contributed by atoms with van der Waals surface area (Å²) >= 11 is 0. The first-order valence-electron chi connectivity index (χ1n) is 22.8. The number of nitrogens with two attached hydrogens (primary N) is 5. The molecular formula is C40H78N22O8. The van der Waals surface area contributed by atoms with Gasteiger partial charge in [0.05, 0.1) is 6.54 Å². The van der Waals surface area contributed by atoms with E-state index in [1.54, 1.807) is 13.8 Å². The summed E-state index contributed by atoms with van der Waals surface area (Å²) in [5.41, 5.74) is 27.1. The lowest BCUT2D eigenvalue weighted by molar-refractivity contribution is -0.135. The van der Waals surface area contributed by atoms with Gasteiger partial charge in [0.15, 0.2) is 35.6 Å². The molecule has 30 nitrogen and oxygen atoms in total. The molecule has 30 heteroatoms. The summed E-state index contributed by atoms with van der Waals surface area (Å²) in [4.78, 5) is 107. The van der Waals surface area contributed by atoms with E-state index in [1.807, 2.05) is 0 Å². The molecular weight excluding hydrogens is 917 g/mol. The third-order valence-corrected chi connectivity index (χ3v) is 9.98. The fourth-order valence-electron chi connectivity index (χ4n) is 6.25. The molecule has 0 aliphatic rings. The van der Waals surface area contributed by atoms with Gasteiger partial charge in [-0.3, -0.25) is 65.4 Å². The van der Waals surface area contributed by atoms with E-state index in [9.17, 15) is 38.4 Å². The summed E-state index contributed by atoms with van der Waals surface area (Å²) in [6.07, 6.45) is 0.631. The van der Waals surface area contributed by atoms with Crippen molar-refractivity contribution in [2.24, 2.45) is 34.6 Å². The zero-order valence-corrected chi connectivity index (χ0v) is 40.5. The van der Waals surface area contributed by atoms with Crippen LogP contribution >= 0.6 is 0 Å². The minimum atomic E-state index is -1.41. The van der Waals surface area contributed by atoms with Crippen LogP contribution in [0.4, 0.5) is 0 Å². The first-order chi connectivity index (χ1) is 32.8. The normalized spacial score (nSPS) is 13.2. The van der Waals surface area contributed by atoms with Gasteiger partial charge in [0.25, 0.3) is 0 Å². The molecule has 0 saturated heterocycles. The second kappa shape index (κ2) is 34.6. The number of rotatable bonds is 35. The molecule has 27 N–H and O–H groups in total. The highest BCUT2D eigenvalue weighted by molar-refractivity contribution is 5.97. The van der Waals surface area contributed by atoms with E-state index < -0.39 is 77.6 Å². The molecule has 0 aliphatic heterocycles. The maximum absolute atomic E-state index is 14.3. The quantitative estimate of drug-likeness (QED) is 0.0159. The van der Waals surface area contributed by atoms with Crippen molar-refractivity contribution in [3.05, 3.63) is 0 Å². The Balaban J connectivity index is 6.93. The number of guanidine groups is 5. The number of ketones is 1. The molecule has 0 rings (SSSR count). The van der Waals surface area contributed by atoms with Crippen molar-refractivity contribution >= 4 is 76.9 Å². The van der Waals surface area contributed by atoms with Gasteiger partial charge in [-0.25, -0.2) is 0 Å². The maximum Gasteiger partial charge on any atom is 0.243 e. The molecule has 6 atom stereocenters. The van der Waals surface area contributed by atoms with Gasteiger partial charge in [-0.1, -0.05) is 13.8 Å². The van der Waals surface area contributed by atoms with Crippen LogP contribution in [0.2, 0.25) is 0 Å². The van der Waals surface area contributed by atoms with Crippen LogP contribution in [-0.4, -0.2) is 152 Å². The van der Waals surface area contributed by atoms with Crippen LogP contribution in [0.1, 0.15) is 91.9 Å². The van der Waals surface area contributed by atoms with Crippen LogP contribution < -0.4 is 92.5 Å². The largest absolute Gasteiger partial charge is 0.370 e. The second-order valence-corrected chi connectivity index (χ2v) is 16.5. The Morgan fingerprint density at radius 3 is 0.843 bits per heavy atom. The maximum atomic E-state index is 14.3. The first-order valence-corrected chi connectivity index (χ1v) is 22.8. The van der Waals surface area contributed by atoms with E-state index in [1.165, 1.54) is 13.8 Å². The van der Waals surface area contributed by atoms with Crippen molar-refractivity contribution in [1.82, 2.24) is 63.8 Å². The third-order valence-electron chi connectivity index (χ3n) is 9.98. The van der Waals surface area contributed by atoms with Crippen LogP contribution in [0.3, 0.4) is 0 Å². The lowest BCUT2D eigenvalue weighted by Crippen LogP contribution is -2.59. The van der Waals surface area contributed by atoms with E-state index in [0.29, 0.717) is 0 Å². The standard InChI is InChI=1S/C40H78N22O8/c1-21(2)29(64)20-56-31(66)24(10-5-15-51-36(41)42)59-33(68)26(12-7-17-53-38(45)46)61-35(70)28(14-9-19-55-40(49)50)62-34(69)27(13-8-18-54-39(47)48)60-32(67)25(11-6-16-52-37(43)44)58-30(65)22(3)57-23(4)63/h21-22,24-28H,5-20H2,1-4H3,(H,56,66)(H,57,63)(H,58,65)(H,59,68)(H,60,67)(H,61,70)(H,62,69)(H4,41,42,51)(H4,43,44,52)(H4,45,46,53)(H4,47,48,54)(H4,49,50,55)/t22-,24-,25-,26-,27-,28-/m0/s1. The smallest absolute Gasteiger partial charge is 0.243 e. The molecule has 396 valence electrons. The molecule has 7 amide bonds. The number of Topliss-reactive ketones (excluding diaryl/α,β-unsaturated/α-hetero) is 1. The van der Waals surface area contributed by atoms with Crippen LogP contribution in [0, 0.1) is 33.0 Å². The van der Waals surface area contributed by atoms with Crippen molar-refractivity contribution in [2.75, 3.05) is 39.3 Å². The summed E-state index contributed by atoms with van der Waals surface area (Å²) < 4.78 is 0. The Morgan fingerprint density at radius 1 is 0.371 bits per heavy atom. The fraction of sp³-hybridized carbons (Fsp3) is 0.675. The van der Waals surface area contributed by atoms with Crippen molar-refractivity contribution in [3.63, 3.8) is 0 Å². The molecule has 0 aromatic carbocycles. The Hall–Kier alpha value is -7.69. The predicted octanol–water partition coefficient (Wildman–Crippen LogP) is -6.41. The molecule has 0 bridgehead atoms. The minimum Gasteiger partial charge on any atom is -0.370 e. The summed E-state index contributed by atoms with van der Waals surface area (Å²) in [5.74, 6) is -7.67. The molecule has 70 heavy (non-hydrogen) atoms.